The van der Waals surface area contributed by atoms with Crippen molar-refractivity contribution in [2.45, 2.75) is 61.5 Å². The van der Waals surface area contributed by atoms with Crippen molar-refractivity contribution in [2.75, 3.05) is 39.5 Å². The summed E-state index contributed by atoms with van der Waals surface area (Å²) in [7, 11) is 0. The van der Waals surface area contributed by atoms with Crippen molar-refractivity contribution in [2.24, 2.45) is 0 Å². The van der Waals surface area contributed by atoms with E-state index < -0.39 is 62.0 Å². The summed E-state index contributed by atoms with van der Waals surface area (Å²) < 4.78 is 5.73. The van der Waals surface area contributed by atoms with Gasteiger partial charge in [-0.15, -0.1) is 12.4 Å². The van der Waals surface area contributed by atoms with Crippen LogP contribution in [0, 0.1) is 0 Å². The zero-order chi connectivity index (χ0) is 28.1. The Morgan fingerprint density at radius 3 is 1.74 bits per heavy atom. The second kappa shape index (κ2) is 19.2. The van der Waals surface area contributed by atoms with E-state index >= 15 is 0 Å². The van der Waals surface area contributed by atoms with E-state index in [1.54, 1.807) is 25.1 Å². The van der Waals surface area contributed by atoms with Gasteiger partial charge in [0.15, 0.2) is 0 Å². The molecular formula is C23H42ClNO12S. The van der Waals surface area contributed by atoms with Crippen molar-refractivity contribution >= 4 is 28.8 Å². The SMILES string of the molecule is CC(O)=[SH]Cc1cccc(OCCN(C[C@H](O)[C@@H](O)[C@H](O)[C@H](O)CO)C[C@H](O)[C@@H](O)[C@H](O)[C@H](O)CO)c1.Cl. The summed E-state index contributed by atoms with van der Waals surface area (Å²) >= 11 is 0.744. The van der Waals surface area contributed by atoms with Crippen LogP contribution in [0.5, 0.6) is 5.75 Å². The molecule has 1 rings (SSSR count). The van der Waals surface area contributed by atoms with Gasteiger partial charge in [0.05, 0.1) is 30.5 Å². The number of ether oxygens (including phenoxy) is 1. The third-order valence-electron chi connectivity index (χ3n) is 5.61. The summed E-state index contributed by atoms with van der Waals surface area (Å²) in [5.74, 6) is 1.08. The van der Waals surface area contributed by atoms with Gasteiger partial charge in [-0.1, -0.05) is 12.1 Å². The number of aliphatic hydroxyl groups is 11. The molecular weight excluding hydrogens is 550 g/mol. The van der Waals surface area contributed by atoms with E-state index in [-0.39, 0.29) is 43.7 Å². The highest BCUT2D eigenvalue weighted by Crippen LogP contribution is 2.17. The quantitative estimate of drug-likeness (QED) is 0.0583. The van der Waals surface area contributed by atoms with Gasteiger partial charge in [-0.2, -0.15) is 11.4 Å². The zero-order valence-electron chi connectivity index (χ0n) is 21.0. The van der Waals surface area contributed by atoms with Crippen LogP contribution >= 0.6 is 23.8 Å². The molecule has 13 nitrogen and oxygen atoms in total. The van der Waals surface area contributed by atoms with Crippen LogP contribution in [0.25, 0.3) is 0 Å². The minimum absolute atomic E-state index is 0. The molecule has 0 aromatic heterocycles. The molecule has 11 N–H and O–H groups in total. The molecule has 0 aliphatic carbocycles. The number of thiol groups is 1. The topological polar surface area (TPSA) is 235 Å². The first-order valence-electron chi connectivity index (χ1n) is 11.7. The van der Waals surface area contributed by atoms with E-state index in [2.05, 4.69) is 0 Å². The Labute approximate surface area is 231 Å². The van der Waals surface area contributed by atoms with Gasteiger partial charge in [0.1, 0.15) is 49.0 Å². The Morgan fingerprint density at radius 1 is 0.816 bits per heavy atom. The van der Waals surface area contributed by atoms with Gasteiger partial charge < -0.3 is 60.9 Å². The molecule has 0 heterocycles. The van der Waals surface area contributed by atoms with Gasteiger partial charge in [-0.05, 0) is 24.6 Å². The lowest BCUT2D eigenvalue weighted by Gasteiger charge is -2.33. The van der Waals surface area contributed by atoms with Crippen LogP contribution in [0.2, 0.25) is 0 Å². The molecule has 0 bridgehead atoms. The standard InChI is InChI=1S/C23H41NO12S.ClH/c1-13(27)37-12-14-3-2-4-15(7-14)36-6-5-24(8-16(28)20(32)22(34)18(30)10-25)9-17(29)21(33)23(35)19(31)11-26;/h2-4,7,16-23,25-35,37H,5-6,8-12H2,1H3;1H/t16-,17-,18+,19+,20+,21+,22+,23+;/m0./s1. The summed E-state index contributed by atoms with van der Waals surface area (Å²) in [6.07, 6.45) is -14.2. The molecule has 0 aliphatic rings. The third-order valence-corrected chi connectivity index (χ3v) is 6.59. The Hall–Kier alpha value is -0.950. The Morgan fingerprint density at radius 2 is 1.29 bits per heavy atom. The fourth-order valence-electron chi connectivity index (χ4n) is 3.36. The van der Waals surface area contributed by atoms with Crippen molar-refractivity contribution < 1.29 is 60.9 Å². The van der Waals surface area contributed by atoms with Gasteiger partial charge in [-0.3, -0.25) is 4.90 Å². The summed E-state index contributed by atoms with van der Waals surface area (Å²) in [4.78, 5) is 1.35. The third kappa shape index (κ3) is 12.9. The molecule has 0 unspecified atom stereocenters. The highest BCUT2D eigenvalue weighted by atomic mass is 35.5. The number of benzene rings is 1. The fraction of sp³-hybridized carbons (Fsp3) is 0.696. The number of hydrogen-bond acceptors (Lipinski definition) is 12. The molecule has 0 spiro atoms. The molecule has 38 heavy (non-hydrogen) atoms. The lowest BCUT2D eigenvalue weighted by molar-refractivity contribution is -0.130. The number of aliphatic hydroxyl groups excluding tert-OH is 11. The Kier molecular flexibility index (Phi) is 18.7. The minimum Gasteiger partial charge on any atom is -0.492 e. The first-order chi connectivity index (χ1) is 17.4. The van der Waals surface area contributed by atoms with E-state index in [1.807, 2.05) is 6.07 Å². The van der Waals surface area contributed by atoms with Crippen LogP contribution in [0.15, 0.2) is 24.3 Å². The Bertz CT molecular complexity index is 775. The largest absolute Gasteiger partial charge is 0.492 e. The van der Waals surface area contributed by atoms with Gasteiger partial charge in [0, 0.05) is 25.4 Å². The van der Waals surface area contributed by atoms with E-state index in [0.29, 0.717) is 11.5 Å². The maximum Gasteiger partial charge on any atom is 0.119 e. The van der Waals surface area contributed by atoms with Crippen molar-refractivity contribution in [3.8, 4) is 5.75 Å². The molecule has 1 aromatic rings. The highest BCUT2D eigenvalue weighted by molar-refractivity contribution is 7.97. The van der Waals surface area contributed by atoms with E-state index in [1.165, 1.54) is 4.90 Å². The molecule has 8 atom stereocenters. The maximum absolute atomic E-state index is 10.4. The second-order valence-corrected chi connectivity index (χ2v) is 10.00. The molecule has 224 valence electrons. The molecule has 0 fully saturated rings. The van der Waals surface area contributed by atoms with E-state index in [0.717, 1.165) is 16.9 Å². The molecule has 0 amide bonds. The summed E-state index contributed by atoms with van der Waals surface area (Å²) in [6.45, 7) is -0.835. The second-order valence-electron chi connectivity index (χ2n) is 8.72. The van der Waals surface area contributed by atoms with Crippen LogP contribution in [0.3, 0.4) is 0 Å². The molecule has 0 aliphatic heterocycles. The van der Waals surface area contributed by atoms with Gasteiger partial charge in [0.2, 0.25) is 0 Å². The van der Waals surface area contributed by atoms with Crippen molar-refractivity contribution in [1.29, 1.82) is 0 Å². The summed E-state index contributed by atoms with van der Waals surface area (Å²) in [6, 6.07) is 7.11. The smallest absolute Gasteiger partial charge is 0.119 e. The van der Waals surface area contributed by atoms with Crippen LogP contribution in [0.1, 0.15) is 12.5 Å². The predicted octanol–water partition coefficient (Wildman–Crippen LogP) is -3.67. The van der Waals surface area contributed by atoms with Crippen LogP contribution in [-0.2, 0) is 5.75 Å². The highest BCUT2D eigenvalue weighted by Gasteiger charge is 2.34. The number of hydrogen-bond donors (Lipinski definition) is 12. The lowest BCUT2D eigenvalue weighted by Crippen LogP contribution is -2.53. The molecule has 0 saturated carbocycles. The van der Waals surface area contributed by atoms with Gasteiger partial charge in [0.25, 0.3) is 0 Å². The zero-order valence-corrected chi connectivity index (χ0v) is 22.7. The number of nitrogens with zero attached hydrogens (tertiary/aromatic N) is 1. The lowest BCUT2D eigenvalue weighted by atomic mass is 10.0. The van der Waals surface area contributed by atoms with Gasteiger partial charge >= 0.3 is 0 Å². The summed E-state index contributed by atoms with van der Waals surface area (Å²) in [5, 5.41) is 107. The molecule has 1 aromatic carbocycles. The van der Waals surface area contributed by atoms with Crippen LogP contribution in [0.4, 0.5) is 0 Å². The average Bonchev–Trinajstić information content (AvgIpc) is 2.89. The first-order valence-corrected chi connectivity index (χ1v) is 12.8. The Balaban J connectivity index is 0.0000137. The molecule has 0 radical (unpaired) electrons. The predicted molar refractivity (Wildman–Crippen MR) is 144 cm³/mol. The maximum atomic E-state index is 10.4. The first kappa shape index (κ1) is 37.0. The monoisotopic (exact) mass is 591 g/mol. The molecule has 0 saturated heterocycles. The van der Waals surface area contributed by atoms with E-state index in [4.69, 9.17) is 14.9 Å². The summed E-state index contributed by atoms with van der Waals surface area (Å²) in [5.41, 5.74) is 0.911. The molecule has 15 heteroatoms. The van der Waals surface area contributed by atoms with Crippen LogP contribution < -0.4 is 4.74 Å². The van der Waals surface area contributed by atoms with E-state index in [9.17, 15) is 46.0 Å². The number of halogens is 1. The average molecular weight is 592 g/mol. The normalized spacial score (nSPS) is 18.8. The fourth-order valence-corrected chi connectivity index (χ4v) is 3.97. The minimum atomic E-state index is -1.86. The van der Waals surface area contributed by atoms with Crippen molar-refractivity contribution in [3.63, 3.8) is 0 Å². The number of rotatable bonds is 18. The van der Waals surface area contributed by atoms with Gasteiger partial charge in [-0.25, -0.2) is 0 Å². The van der Waals surface area contributed by atoms with Crippen LogP contribution in [-0.4, -0.2) is 154 Å². The van der Waals surface area contributed by atoms with Crippen molar-refractivity contribution in [3.05, 3.63) is 29.8 Å². The van der Waals surface area contributed by atoms with Crippen molar-refractivity contribution in [1.82, 2.24) is 4.90 Å².